The first-order valence-electron chi connectivity index (χ1n) is 11.1. The maximum atomic E-state index is 13.5. The van der Waals surface area contributed by atoms with Crippen LogP contribution in [0, 0.1) is 0 Å². The van der Waals surface area contributed by atoms with Gasteiger partial charge in [-0.25, -0.2) is 0 Å². The molecular formula is C24H25N5O5S. The van der Waals surface area contributed by atoms with Gasteiger partial charge in [-0.15, -0.1) is 0 Å². The number of nitrogens with zero attached hydrogens (tertiary/aromatic N) is 4. The van der Waals surface area contributed by atoms with E-state index in [9.17, 15) is 13.2 Å². The molecule has 1 N–H and O–H groups in total. The third kappa shape index (κ3) is 4.89. The number of aromatic nitrogens is 3. The zero-order chi connectivity index (χ0) is 24.6. The molecule has 0 aliphatic carbocycles. The van der Waals surface area contributed by atoms with Gasteiger partial charge in [0.15, 0.2) is 5.43 Å². The summed E-state index contributed by atoms with van der Waals surface area (Å²) < 4.78 is 42.1. The molecule has 1 aliphatic heterocycles. The number of aryl methyl sites for hydroxylation is 1. The van der Waals surface area contributed by atoms with Crippen molar-refractivity contribution in [1.29, 1.82) is 0 Å². The molecular weight excluding hydrogens is 470 g/mol. The molecule has 0 spiro atoms. The number of anilines is 1. The molecule has 11 heteroatoms. The number of rotatable bonds is 6. The quantitative estimate of drug-likeness (QED) is 0.436. The maximum absolute atomic E-state index is 13.5. The Labute approximate surface area is 202 Å². The van der Waals surface area contributed by atoms with Gasteiger partial charge >= 0.3 is 10.2 Å². The van der Waals surface area contributed by atoms with E-state index in [4.69, 9.17) is 9.47 Å². The van der Waals surface area contributed by atoms with Crippen LogP contribution in [0.3, 0.4) is 0 Å². The Morgan fingerprint density at radius 1 is 1.14 bits per heavy atom. The Balaban J connectivity index is 1.50. The number of nitrogens with one attached hydrogen (secondary N) is 1. The van der Waals surface area contributed by atoms with Crippen LogP contribution in [0.15, 0.2) is 59.7 Å². The predicted molar refractivity (Wildman–Crippen MR) is 133 cm³/mol. The monoisotopic (exact) mass is 495 g/mol. The van der Waals surface area contributed by atoms with Gasteiger partial charge in [-0.3, -0.25) is 19.2 Å². The summed E-state index contributed by atoms with van der Waals surface area (Å²) in [5, 5.41) is 5.87. The molecule has 0 bridgehead atoms. The van der Waals surface area contributed by atoms with Gasteiger partial charge in [-0.2, -0.15) is 17.8 Å². The van der Waals surface area contributed by atoms with Crippen LogP contribution in [0.25, 0.3) is 32.9 Å². The lowest BCUT2D eigenvalue weighted by molar-refractivity contribution is -0.0908. The molecule has 182 valence electrons. The first-order valence-corrected chi connectivity index (χ1v) is 12.5. The summed E-state index contributed by atoms with van der Waals surface area (Å²) in [5.41, 5.74) is 2.02. The number of likely N-dealkylation sites (N-methyl/N-ethyl adjacent to an activating group) is 1. The normalized spacial score (nSPS) is 16.7. The Kier molecular flexibility index (Phi) is 6.24. The van der Waals surface area contributed by atoms with Crippen LogP contribution in [-0.2, 0) is 26.7 Å². The second kappa shape index (κ2) is 9.34. The first-order chi connectivity index (χ1) is 16.8. The average molecular weight is 496 g/mol. The van der Waals surface area contributed by atoms with Crippen molar-refractivity contribution >= 4 is 37.6 Å². The molecule has 10 nitrogen and oxygen atoms in total. The highest BCUT2D eigenvalue weighted by atomic mass is 32.2. The van der Waals surface area contributed by atoms with E-state index in [2.05, 4.69) is 14.8 Å². The summed E-state index contributed by atoms with van der Waals surface area (Å²) in [6.45, 7) is 1.43. The van der Waals surface area contributed by atoms with E-state index in [1.165, 1.54) is 11.4 Å². The van der Waals surface area contributed by atoms with Crippen LogP contribution >= 0.6 is 0 Å². The minimum atomic E-state index is -3.87. The Hall–Kier alpha value is -3.38. The molecule has 3 heterocycles. The van der Waals surface area contributed by atoms with Crippen molar-refractivity contribution in [2.75, 3.05) is 38.1 Å². The van der Waals surface area contributed by atoms with E-state index in [1.54, 1.807) is 47.3 Å². The molecule has 5 rings (SSSR count). The van der Waals surface area contributed by atoms with Gasteiger partial charge in [-0.1, -0.05) is 12.1 Å². The SMILES string of the molecule is CN(C[C@@H]1COCCO1)S(=O)(=O)Nc1ccc2ccc3ncc(-c4ccn(C)n4)cc3c(=O)c2c1. The van der Waals surface area contributed by atoms with E-state index in [1.807, 2.05) is 19.3 Å². The number of hydrogen-bond acceptors (Lipinski definition) is 7. The molecule has 0 saturated carbocycles. The van der Waals surface area contributed by atoms with E-state index >= 15 is 0 Å². The summed E-state index contributed by atoms with van der Waals surface area (Å²) in [7, 11) is -0.580. The van der Waals surface area contributed by atoms with Crippen LogP contribution in [0.4, 0.5) is 5.69 Å². The molecule has 0 amide bonds. The molecule has 2 aromatic heterocycles. The highest BCUT2D eigenvalue weighted by molar-refractivity contribution is 7.90. The van der Waals surface area contributed by atoms with Crippen molar-refractivity contribution in [3.63, 3.8) is 0 Å². The van der Waals surface area contributed by atoms with Crippen molar-refractivity contribution < 1.29 is 17.9 Å². The summed E-state index contributed by atoms with van der Waals surface area (Å²) >= 11 is 0. The highest BCUT2D eigenvalue weighted by Crippen LogP contribution is 2.23. The van der Waals surface area contributed by atoms with E-state index in [0.717, 1.165) is 5.56 Å². The van der Waals surface area contributed by atoms with Crippen molar-refractivity contribution in [3.05, 3.63) is 65.1 Å². The fourth-order valence-electron chi connectivity index (χ4n) is 4.03. The number of pyridine rings is 1. The van der Waals surface area contributed by atoms with Gasteiger partial charge in [0.05, 0.1) is 42.8 Å². The third-order valence-corrected chi connectivity index (χ3v) is 7.36. The lowest BCUT2D eigenvalue weighted by Gasteiger charge is -2.27. The largest absolute Gasteiger partial charge is 0.376 e. The number of fused-ring (bicyclic) bond motifs is 2. The lowest BCUT2D eigenvalue weighted by Crippen LogP contribution is -2.42. The minimum absolute atomic E-state index is 0.150. The minimum Gasteiger partial charge on any atom is -0.376 e. The molecule has 0 unspecified atom stereocenters. The van der Waals surface area contributed by atoms with E-state index < -0.39 is 10.2 Å². The molecule has 1 saturated heterocycles. The first kappa shape index (κ1) is 23.4. The third-order valence-electron chi connectivity index (χ3n) is 5.89. The van der Waals surface area contributed by atoms with Gasteiger partial charge in [0.25, 0.3) is 0 Å². The van der Waals surface area contributed by atoms with Crippen molar-refractivity contribution in [2.24, 2.45) is 7.05 Å². The predicted octanol–water partition coefficient (Wildman–Crippen LogP) is 2.15. The fourth-order valence-corrected chi connectivity index (χ4v) is 4.97. The smallest absolute Gasteiger partial charge is 0.301 e. The number of hydrogen-bond donors (Lipinski definition) is 1. The molecule has 1 fully saturated rings. The highest BCUT2D eigenvalue weighted by Gasteiger charge is 2.24. The summed E-state index contributed by atoms with van der Waals surface area (Å²) in [6.07, 6.45) is 3.17. The zero-order valence-electron chi connectivity index (χ0n) is 19.3. The van der Waals surface area contributed by atoms with Crippen LogP contribution < -0.4 is 10.2 Å². The number of ether oxygens (including phenoxy) is 2. The maximum Gasteiger partial charge on any atom is 0.301 e. The molecule has 1 atom stereocenters. The summed E-state index contributed by atoms with van der Waals surface area (Å²) in [4.78, 5) is 18.0. The van der Waals surface area contributed by atoms with Crippen LogP contribution in [-0.4, -0.2) is 67.0 Å². The molecule has 1 aliphatic rings. The van der Waals surface area contributed by atoms with E-state index in [0.29, 0.717) is 47.2 Å². The molecule has 0 radical (unpaired) electrons. The van der Waals surface area contributed by atoms with Crippen LogP contribution in [0.5, 0.6) is 0 Å². The Morgan fingerprint density at radius 3 is 2.71 bits per heavy atom. The summed E-state index contributed by atoms with van der Waals surface area (Å²) in [6, 6.07) is 12.1. The molecule has 4 aromatic rings. The van der Waals surface area contributed by atoms with Crippen LogP contribution in [0.2, 0.25) is 0 Å². The van der Waals surface area contributed by atoms with Crippen molar-refractivity contribution in [2.45, 2.75) is 6.10 Å². The average Bonchev–Trinajstić information content (AvgIpc) is 3.23. The Bertz CT molecular complexity index is 1560. The van der Waals surface area contributed by atoms with Crippen LogP contribution in [0.1, 0.15) is 0 Å². The topological polar surface area (TPSA) is 116 Å². The second-order valence-electron chi connectivity index (χ2n) is 8.45. The van der Waals surface area contributed by atoms with Gasteiger partial charge in [0, 0.05) is 49.4 Å². The molecule has 2 aromatic carbocycles. The van der Waals surface area contributed by atoms with Crippen molar-refractivity contribution in [3.8, 4) is 11.3 Å². The lowest BCUT2D eigenvalue weighted by atomic mass is 10.1. The van der Waals surface area contributed by atoms with Gasteiger partial charge in [0.1, 0.15) is 0 Å². The number of benzene rings is 1. The molecule has 35 heavy (non-hydrogen) atoms. The van der Waals surface area contributed by atoms with E-state index in [-0.39, 0.29) is 23.8 Å². The van der Waals surface area contributed by atoms with Gasteiger partial charge in [-0.05, 0) is 35.7 Å². The standard InChI is InChI=1S/C24H25N5O5S/c1-28-8-7-22(26-28)17-11-21-23(25-13-17)6-4-16-3-5-18(12-20(16)24(21)30)27-35(31,32)29(2)14-19-15-33-9-10-34-19/h3-8,11-13,19,27H,9-10,14-15H2,1-2H3/t19-/m1/s1. The Morgan fingerprint density at radius 2 is 1.97 bits per heavy atom. The van der Waals surface area contributed by atoms with Gasteiger partial charge < -0.3 is 9.47 Å². The fraction of sp³-hybridized carbons (Fsp3) is 0.292. The van der Waals surface area contributed by atoms with Crippen molar-refractivity contribution in [1.82, 2.24) is 19.1 Å². The summed E-state index contributed by atoms with van der Waals surface area (Å²) in [5.74, 6) is 0. The zero-order valence-corrected chi connectivity index (χ0v) is 20.2. The second-order valence-corrected chi connectivity index (χ2v) is 10.2. The van der Waals surface area contributed by atoms with Gasteiger partial charge in [0.2, 0.25) is 0 Å².